The van der Waals surface area contributed by atoms with Crippen molar-refractivity contribution in [3.05, 3.63) is 0 Å². The minimum absolute atomic E-state index is 0.107. The summed E-state index contributed by atoms with van der Waals surface area (Å²) in [5, 5.41) is 39.9. The van der Waals surface area contributed by atoms with Gasteiger partial charge in [0, 0.05) is 13.0 Å². The lowest BCUT2D eigenvalue weighted by Crippen LogP contribution is -2.59. The number of ether oxygens (including phenoxy) is 4. The minimum atomic E-state index is -1.53. The monoisotopic (exact) mass is 745 g/mol. The summed E-state index contributed by atoms with van der Waals surface area (Å²) in [7, 11) is 0. The van der Waals surface area contributed by atoms with Crippen molar-refractivity contribution in [3.63, 3.8) is 0 Å². The zero-order valence-corrected chi connectivity index (χ0v) is 33.8. The lowest BCUT2D eigenvalue weighted by atomic mass is 9.99. The molecule has 0 aromatic carbocycles. The van der Waals surface area contributed by atoms with Crippen molar-refractivity contribution in [2.24, 2.45) is 0 Å². The molecule has 0 radical (unpaired) electrons. The molecule has 9 nitrogen and oxygen atoms in total. The van der Waals surface area contributed by atoms with Crippen LogP contribution in [0.1, 0.15) is 206 Å². The second-order valence-corrected chi connectivity index (χ2v) is 15.5. The Morgan fingerprint density at radius 2 is 0.942 bits per heavy atom. The Morgan fingerprint density at radius 1 is 0.538 bits per heavy atom. The van der Waals surface area contributed by atoms with E-state index in [2.05, 4.69) is 13.8 Å². The molecule has 0 aromatic rings. The third-order valence-electron chi connectivity index (χ3n) is 10.5. The smallest absolute Gasteiger partial charge is 0.306 e. The highest BCUT2D eigenvalue weighted by Crippen LogP contribution is 2.23. The number of hydrogen-bond acceptors (Lipinski definition) is 9. The van der Waals surface area contributed by atoms with Crippen molar-refractivity contribution in [2.75, 3.05) is 26.4 Å². The van der Waals surface area contributed by atoms with E-state index in [9.17, 15) is 25.2 Å². The Kier molecular flexibility index (Phi) is 33.9. The highest BCUT2D eigenvalue weighted by molar-refractivity contribution is 5.69. The molecule has 1 saturated heterocycles. The lowest BCUT2D eigenvalue weighted by Gasteiger charge is -2.39. The standard InChI is InChI=1S/C43H84O9/c1-3-5-7-9-11-12-13-14-15-16-17-18-19-20-21-22-23-24-25-26-27-28-30-32-39(45)51-37(35-49-33-31-29-10-8-6-4-2)36-50-43-42(48)41(47)40(46)38(34-44)52-43/h37-38,40-44,46-48H,3-36H2,1-2H3. The van der Waals surface area contributed by atoms with Crippen LogP contribution in [0.3, 0.4) is 0 Å². The molecule has 0 saturated carbocycles. The quantitative estimate of drug-likeness (QED) is 0.0360. The first-order valence-electron chi connectivity index (χ1n) is 22.1. The van der Waals surface area contributed by atoms with Crippen molar-refractivity contribution in [1.29, 1.82) is 0 Å². The number of carbonyl (C=O) groups excluding carboxylic acids is 1. The van der Waals surface area contributed by atoms with Crippen LogP contribution in [0.25, 0.3) is 0 Å². The Balaban J connectivity index is 2.10. The van der Waals surface area contributed by atoms with Crippen LogP contribution < -0.4 is 0 Å². The molecule has 0 amide bonds. The molecule has 0 bridgehead atoms. The first-order valence-corrected chi connectivity index (χ1v) is 22.1. The van der Waals surface area contributed by atoms with E-state index in [1.807, 2.05) is 0 Å². The summed E-state index contributed by atoms with van der Waals surface area (Å²) in [6.07, 6.45) is 30.2. The molecule has 4 N–H and O–H groups in total. The van der Waals surface area contributed by atoms with Gasteiger partial charge in [-0.3, -0.25) is 4.79 Å². The molecule has 0 spiro atoms. The summed E-state index contributed by atoms with van der Waals surface area (Å²) < 4.78 is 22.6. The summed E-state index contributed by atoms with van der Waals surface area (Å²) in [5.74, 6) is -0.311. The molecule has 6 unspecified atom stereocenters. The molecular formula is C43H84O9. The predicted octanol–water partition coefficient (Wildman–Crippen LogP) is 9.47. The molecule has 0 aromatic heterocycles. The van der Waals surface area contributed by atoms with Gasteiger partial charge in [0.05, 0.1) is 19.8 Å². The lowest BCUT2D eigenvalue weighted by molar-refractivity contribution is -0.305. The maximum atomic E-state index is 12.7. The van der Waals surface area contributed by atoms with Gasteiger partial charge < -0.3 is 39.4 Å². The number of aliphatic hydroxyl groups excluding tert-OH is 4. The predicted molar refractivity (Wildman–Crippen MR) is 210 cm³/mol. The van der Waals surface area contributed by atoms with Gasteiger partial charge in [-0.05, 0) is 12.8 Å². The van der Waals surface area contributed by atoms with Gasteiger partial charge >= 0.3 is 5.97 Å². The van der Waals surface area contributed by atoms with Gasteiger partial charge in [0.1, 0.15) is 30.5 Å². The molecular weight excluding hydrogens is 660 g/mol. The molecule has 310 valence electrons. The summed E-state index contributed by atoms with van der Waals surface area (Å²) in [4.78, 5) is 12.7. The maximum Gasteiger partial charge on any atom is 0.306 e. The number of unbranched alkanes of at least 4 members (excludes halogenated alkanes) is 27. The van der Waals surface area contributed by atoms with E-state index in [0.717, 1.165) is 32.1 Å². The van der Waals surface area contributed by atoms with Crippen molar-refractivity contribution in [2.45, 2.75) is 243 Å². The van der Waals surface area contributed by atoms with Crippen LogP contribution in [0.4, 0.5) is 0 Å². The molecule has 1 aliphatic rings. The second-order valence-electron chi connectivity index (χ2n) is 15.5. The van der Waals surface area contributed by atoms with Crippen LogP contribution in [0.5, 0.6) is 0 Å². The highest BCUT2D eigenvalue weighted by atomic mass is 16.7. The Bertz CT molecular complexity index is 767. The highest BCUT2D eigenvalue weighted by Gasteiger charge is 2.44. The van der Waals surface area contributed by atoms with E-state index in [1.165, 1.54) is 154 Å². The van der Waals surface area contributed by atoms with Crippen molar-refractivity contribution in [1.82, 2.24) is 0 Å². The molecule has 1 rings (SSSR count). The van der Waals surface area contributed by atoms with Gasteiger partial charge in [-0.1, -0.05) is 187 Å². The molecule has 6 atom stereocenters. The average Bonchev–Trinajstić information content (AvgIpc) is 3.14. The zero-order valence-electron chi connectivity index (χ0n) is 33.8. The minimum Gasteiger partial charge on any atom is -0.457 e. The van der Waals surface area contributed by atoms with Gasteiger partial charge in [0.15, 0.2) is 6.29 Å². The molecule has 1 fully saturated rings. The number of carbonyl (C=O) groups is 1. The fourth-order valence-electron chi connectivity index (χ4n) is 7.02. The topological polar surface area (TPSA) is 135 Å². The van der Waals surface area contributed by atoms with Gasteiger partial charge in [0.25, 0.3) is 0 Å². The summed E-state index contributed by atoms with van der Waals surface area (Å²) in [6, 6.07) is 0. The Hall–Kier alpha value is -0.810. The number of hydrogen-bond donors (Lipinski definition) is 4. The Morgan fingerprint density at radius 3 is 1.37 bits per heavy atom. The first-order chi connectivity index (χ1) is 25.4. The maximum absolute atomic E-state index is 12.7. The van der Waals surface area contributed by atoms with Crippen LogP contribution in [0.2, 0.25) is 0 Å². The summed E-state index contributed by atoms with van der Waals surface area (Å²) >= 11 is 0. The van der Waals surface area contributed by atoms with Crippen molar-refractivity contribution >= 4 is 5.97 Å². The van der Waals surface area contributed by atoms with E-state index in [4.69, 9.17) is 18.9 Å². The van der Waals surface area contributed by atoms with Crippen LogP contribution in [0.15, 0.2) is 0 Å². The van der Waals surface area contributed by atoms with Crippen LogP contribution in [-0.2, 0) is 23.7 Å². The number of aliphatic hydroxyl groups is 4. The summed E-state index contributed by atoms with van der Waals surface area (Å²) in [5.41, 5.74) is 0. The van der Waals surface area contributed by atoms with E-state index in [-0.39, 0.29) is 19.2 Å². The average molecular weight is 745 g/mol. The molecule has 1 aliphatic heterocycles. The van der Waals surface area contributed by atoms with E-state index >= 15 is 0 Å². The fourth-order valence-corrected chi connectivity index (χ4v) is 7.02. The molecule has 0 aliphatic carbocycles. The number of rotatable bonds is 38. The van der Waals surface area contributed by atoms with Gasteiger partial charge in [-0.2, -0.15) is 0 Å². The third kappa shape index (κ3) is 26.9. The molecule has 1 heterocycles. The van der Waals surface area contributed by atoms with E-state index in [0.29, 0.717) is 13.0 Å². The number of esters is 1. The Labute approximate surface area is 319 Å². The van der Waals surface area contributed by atoms with Gasteiger partial charge in [-0.25, -0.2) is 0 Å². The van der Waals surface area contributed by atoms with Crippen molar-refractivity contribution in [3.8, 4) is 0 Å². The fraction of sp³-hybridized carbons (Fsp3) is 0.977. The van der Waals surface area contributed by atoms with Crippen LogP contribution in [0, 0.1) is 0 Å². The third-order valence-corrected chi connectivity index (χ3v) is 10.5. The van der Waals surface area contributed by atoms with E-state index in [1.54, 1.807) is 0 Å². The normalized spacial score (nSPS) is 21.1. The van der Waals surface area contributed by atoms with Crippen LogP contribution in [-0.4, -0.2) is 89.6 Å². The zero-order chi connectivity index (χ0) is 37.9. The second kappa shape index (κ2) is 35.9. The van der Waals surface area contributed by atoms with Gasteiger partial charge in [-0.15, -0.1) is 0 Å². The van der Waals surface area contributed by atoms with Crippen molar-refractivity contribution < 1.29 is 44.2 Å². The molecule has 9 heteroatoms. The summed E-state index contributed by atoms with van der Waals surface area (Å²) in [6.45, 7) is 4.54. The van der Waals surface area contributed by atoms with Crippen LogP contribution >= 0.6 is 0 Å². The van der Waals surface area contributed by atoms with Gasteiger partial charge in [0.2, 0.25) is 0 Å². The SMILES string of the molecule is CCCCCCCCCCCCCCCCCCCCCCCCCC(=O)OC(COCCCCCCCC)COC1OC(CO)C(O)C(O)C1O. The first kappa shape index (κ1) is 49.2. The molecule has 52 heavy (non-hydrogen) atoms. The van der Waals surface area contributed by atoms with E-state index < -0.39 is 43.4 Å². The largest absolute Gasteiger partial charge is 0.457 e.